The van der Waals surface area contributed by atoms with Gasteiger partial charge in [-0.05, 0) is 31.4 Å². The largest absolute Gasteiger partial charge is 0.396 e. The molecule has 2 nitrogen and oxygen atoms in total. The van der Waals surface area contributed by atoms with Gasteiger partial charge in [0.15, 0.2) is 0 Å². The van der Waals surface area contributed by atoms with Gasteiger partial charge in [-0.15, -0.1) is 0 Å². The fourth-order valence-electron chi connectivity index (χ4n) is 3.16. The lowest BCUT2D eigenvalue weighted by atomic mass is 9.74. The predicted molar refractivity (Wildman–Crippen MR) is 75.6 cm³/mol. The molecule has 1 heterocycles. The van der Waals surface area contributed by atoms with Crippen LogP contribution in [0.5, 0.6) is 0 Å². The minimum Gasteiger partial charge on any atom is -0.396 e. The number of rotatable bonds is 5. The fourth-order valence-corrected chi connectivity index (χ4v) is 4.43. The van der Waals surface area contributed by atoms with Gasteiger partial charge in [0.05, 0.1) is 0 Å². The number of hydrogen-bond donors (Lipinski definition) is 2. The molecule has 0 amide bonds. The maximum atomic E-state index is 9.63. The fraction of sp³-hybridized carbons (Fsp3) is 1.00. The van der Waals surface area contributed by atoms with Crippen molar-refractivity contribution >= 4 is 11.8 Å². The van der Waals surface area contributed by atoms with Crippen LogP contribution in [0.1, 0.15) is 51.4 Å². The molecule has 2 rings (SSSR count). The van der Waals surface area contributed by atoms with Crippen molar-refractivity contribution in [3.05, 3.63) is 0 Å². The Kier molecular flexibility index (Phi) is 5.64. The molecule has 0 aromatic heterocycles. The highest BCUT2D eigenvalue weighted by Crippen LogP contribution is 2.35. The molecule has 1 unspecified atom stereocenters. The Balaban J connectivity index is 1.68. The van der Waals surface area contributed by atoms with Gasteiger partial charge in [-0.25, -0.2) is 0 Å². The number of thioether (sulfide) groups is 1. The summed E-state index contributed by atoms with van der Waals surface area (Å²) in [4.78, 5) is 0. The van der Waals surface area contributed by atoms with Crippen LogP contribution >= 0.6 is 11.8 Å². The van der Waals surface area contributed by atoms with E-state index in [2.05, 4.69) is 17.1 Å². The first kappa shape index (κ1) is 13.7. The highest BCUT2D eigenvalue weighted by molar-refractivity contribution is 7.99. The molecule has 0 spiro atoms. The first-order valence-electron chi connectivity index (χ1n) is 7.28. The third-order valence-electron chi connectivity index (χ3n) is 4.40. The summed E-state index contributed by atoms with van der Waals surface area (Å²) < 4.78 is 0. The van der Waals surface area contributed by atoms with Crippen molar-refractivity contribution < 1.29 is 5.11 Å². The molecule has 1 aliphatic heterocycles. The second kappa shape index (κ2) is 7.01. The van der Waals surface area contributed by atoms with Crippen LogP contribution in [0.4, 0.5) is 0 Å². The molecule has 0 radical (unpaired) electrons. The van der Waals surface area contributed by atoms with Gasteiger partial charge in [-0.3, -0.25) is 0 Å². The maximum absolute atomic E-state index is 9.63. The summed E-state index contributed by atoms with van der Waals surface area (Å²) in [5.41, 5.74) is 0.206. The minimum atomic E-state index is 0.206. The molecule has 100 valence electrons. The molecule has 2 aliphatic rings. The van der Waals surface area contributed by atoms with Gasteiger partial charge in [0.2, 0.25) is 0 Å². The zero-order valence-corrected chi connectivity index (χ0v) is 11.7. The van der Waals surface area contributed by atoms with Crippen LogP contribution in [0.3, 0.4) is 0 Å². The number of nitrogens with one attached hydrogen (secondary N) is 1. The molecular formula is C14H27NOS. The van der Waals surface area contributed by atoms with E-state index in [-0.39, 0.29) is 5.41 Å². The molecule has 1 saturated heterocycles. The summed E-state index contributed by atoms with van der Waals surface area (Å²) in [6, 6.07) is 0. The Bertz CT molecular complexity index is 210. The topological polar surface area (TPSA) is 32.3 Å². The molecule has 2 N–H and O–H groups in total. The summed E-state index contributed by atoms with van der Waals surface area (Å²) >= 11 is 2.13. The standard InChI is InChI=1S/C14H27NOS/c16-12-14(7-3-1-4-8-14)11-15-10-13-6-2-5-9-17-13/h13,15-16H,1-12H2. The van der Waals surface area contributed by atoms with Gasteiger partial charge in [0.25, 0.3) is 0 Å². The average Bonchev–Trinajstić information content (AvgIpc) is 2.41. The summed E-state index contributed by atoms with van der Waals surface area (Å²) in [6.07, 6.45) is 10.6. The summed E-state index contributed by atoms with van der Waals surface area (Å²) in [7, 11) is 0. The van der Waals surface area contributed by atoms with E-state index in [1.165, 1.54) is 57.1 Å². The number of aliphatic hydroxyl groups is 1. The first-order valence-corrected chi connectivity index (χ1v) is 8.33. The van der Waals surface area contributed by atoms with Crippen molar-refractivity contribution in [2.75, 3.05) is 25.4 Å². The normalized spacial score (nSPS) is 29.1. The second-order valence-electron chi connectivity index (χ2n) is 5.84. The van der Waals surface area contributed by atoms with Gasteiger partial charge in [0.1, 0.15) is 0 Å². The van der Waals surface area contributed by atoms with Gasteiger partial charge in [-0.1, -0.05) is 25.7 Å². The smallest absolute Gasteiger partial charge is 0.0499 e. The third kappa shape index (κ3) is 4.15. The van der Waals surface area contributed by atoms with E-state index < -0.39 is 0 Å². The zero-order chi connectivity index (χ0) is 12.0. The van der Waals surface area contributed by atoms with Gasteiger partial charge in [0, 0.05) is 30.4 Å². The minimum absolute atomic E-state index is 0.206. The lowest BCUT2D eigenvalue weighted by Crippen LogP contribution is -2.41. The molecule has 1 aliphatic carbocycles. The number of hydrogen-bond acceptors (Lipinski definition) is 3. The highest BCUT2D eigenvalue weighted by atomic mass is 32.2. The van der Waals surface area contributed by atoms with Crippen LogP contribution in [0.15, 0.2) is 0 Å². The van der Waals surface area contributed by atoms with E-state index in [1.807, 2.05) is 0 Å². The van der Waals surface area contributed by atoms with Crippen LogP contribution < -0.4 is 5.32 Å². The lowest BCUT2D eigenvalue weighted by molar-refractivity contribution is 0.0815. The molecule has 1 atom stereocenters. The van der Waals surface area contributed by atoms with E-state index >= 15 is 0 Å². The van der Waals surface area contributed by atoms with Crippen molar-refractivity contribution in [1.82, 2.24) is 5.32 Å². The van der Waals surface area contributed by atoms with Crippen LogP contribution in [-0.2, 0) is 0 Å². The SMILES string of the molecule is OCC1(CNCC2CCCCS2)CCCCC1. The molecule has 3 heteroatoms. The van der Waals surface area contributed by atoms with Gasteiger partial charge < -0.3 is 10.4 Å². The van der Waals surface area contributed by atoms with E-state index in [9.17, 15) is 5.11 Å². The summed E-state index contributed by atoms with van der Waals surface area (Å²) in [6.45, 7) is 2.55. The van der Waals surface area contributed by atoms with Crippen molar-refractivity contribution in [3.8, 4) is 0 Å². The quantitative estimate of drug-likeness (QED) is 0.794. The van der Waals surface area contributed by atoms with Gasteiger partial charge >= 0.3 is 0 Å². The molecule has 0 bridgehead atoms. The van der Waals surface area contributed by atoms with Crippen molar-refractivity contribution in [2.45, 2.75) is 56.6 Å². The average molecular weight is 257 g/mol. The highest BCUT2D eigenvalue weighted by Gasteiger charge is 2.31. The summed E-state index contributed by atoms with van der Waals surface area (Å²) in [5, 5.41) is 14.1. The van der Waals surface area contributed by atoms with Crippen molar-refractivity contribution in [1.29, 1.82) is 0 Å². The van der Waals surface area contributed by atoms with Crippen molar-refractivity contribution in [3.63, 3.8) is 0 Å². The Morgan fingerprint density at radius 2 is 1.94 bits per heavy atom. The third-order valence-corrected chi connectivity index (χ3v) is 5.79. The molecular weight excluding hydrogens is 230 g/mol. The van der Waals surface area contributed by atoms with Gasteiger partial charge in [-0.2, -0.15) is 11.8 Å². The molecule has 0 aromatic rings. The summed E-state index contributed by atoms with van der Waals surface area (Å²) in [5.74, 6) is 1.34. The predicted octanol–water partition coefficient (Wildman–Crippen LogP) is 2.80. The Labute approximate surface area is 110 Å². The van der Waals surface area contributed by atoms with E-state index in [0.717, 1.165) is 18.3 Å². The van der Waals surface area contributed by atoms with Crippen molar-refractivity contribution in [2.24, 2.45) is 5.41 Å². The Hall–Kier alpha value is 0.270. The Morgan fingerprint density at radius 3 is 2.59 bits per heavy atom. The van der Waals surface area contributed by atoms with E-state index in [0.29, 0.717) is 6.61 Å². The van der Waals surface area contributed by atoms with Crippen LogP contribution in [0, 0.1) is 5.41 Å². The van der Waals surface area contributed by atoms with E-state index in [1.54, 1.807) is 0 Å². The maximum Gasteiger partial charge on any atom is 0.0499 e. The van der Waals surface area contributed by atoms with Crippen LogP contribution in [-0.4, -0.2) is 35.8 Å². The first-order chi connectivity index (χ1) is 8.35. The monoisotopic (exact) mass is 257 g/mol. The second-order valence-corrected chi connectivity index (χ2v) is 7.25. The van der Waals surface area contributed by atoms with Crippen LogP contribution in [0.2, 0.25) is 0 Å². The number of aliphatic hydroxyl groups excluding tert-OH is 1. The lowest BCUT2D eigenvalue weighted by Gasteiger charge is -2.36. The molecule has 1 saturated carbocycles. The molecule has 2 fully saturated rings. The Morgan fingerprint density at radius 1 is 1.12 bits per heavy atom. The van der Waals surface area contributed by atoms with E-state index in [4.69, 9.17) is 0 Å². The van der Waals surface area contributed by atoms with Crippen LogP contribution in [0.25, 0.3) is 0 Å². The molecule has 0 aromatic carbocycles. The zero-order valence-electron chi connectivity index (χ0n) is 10.9. The molecule has 17 heavy (non-hydrogen) atoms.